The van der Waals surface area contributed by atoms with Gasteiger partial charge in [-0.25, -0.2) is 0 Å². The summed E-state index contributed by atoms with van der Waals surface area (Å²) in [4.78, 5) is 12.1. The van der Waals surface area contributed by atoms with E-state index in [0.29, 0.717) is 17.8 Å². The Bertz CT molecular complexity index is 553. The molecule has 0 saturated heterocycles. The number of hydrogen-bond donors (Lipinski definition) is 1. The summed E-state index contributed by atoms with van der Waals surface area (Å²) in [7, 11) is 0. The molecule has 100 valence electrons. The van der Waals surface area contributed by atoms with Crippen molar-refractivity contribution in [2.24, 2.45) is 5.41 Å². The molecule has 0 aliphatic rings. The molecular weight excluding hydrogens is 240 g/mol. The Morgan fingerprint density at radius 1 is 1.26 bits per heavy atom. The van der Waals surface area contributed by atoms with Crippen LogP contribution < -0.4 is 5.32 Å². The van der Waals surface area contributed by atoms with Crippen molar-refractivity contribution >= 4 is 5.91 Å². The summed E-state index contributed by atoms with van der Waals surface area (Å²) in [5.74, 6) is -0.157. The molecule has 0 radical (unpaired) electrons. The second kappa shape index (κ2) is 5.26. The Morgan fingerprint density at radius 2 is 1.95 bits per heavy atom. The molecule has 0 aliphatic carbocycles. The average Bonchev–Trinajstić information content (AvgIpc) is 2.85. The largest absolute Gasteiger partial charge is 0.363 e. The highest BCUT2D eigenvalue weighted by Crippen LogP contribution is 2.22. The van der Waals surface area contributed by atoms with E-state index in [9.17, 15) is 4.79 Å². The first-order valence-electron chi connectivity index (χ1n) is 6.25. The maximum atomic E-state index is 12.1. The van der Waals surface area contributed by atoms with E-state index in [4.69, 9.17) is 4.52 Å². The smallest absolute Gasteiger partial charge is 0.256 e. The molecular formula is C15H18N2O2. The summed E-state index contributed by atoms with van der Waals surface area (Å²) in [5, 5.41) is 6.81. The van der Waals surface area contributed by atoms with Gasteiger partial charge in [-0.15, -0.1) is 0 Å². The molecule has 1 amide bonds. The van der Waals surface area contributed by atoms with Gasteiger partial charge in [0.05, 0.1) is 0 Å². The van der Waals surface area contributed by atoms with Crippen LogP contribution in [0, 0.1) is 5.41 Å². The second-order valence-corrected chi connectivity index (χ2v) is 5.69. The lowest BCUT2D eigenvalue weighted by molar-refractivity contribution is 0.0939. The average molecular weight is 258 g/mol. The van der Waals surface area contributed by atoms with E-state index in [1.165, 1.54) is 6.26 Å². The van der Waals surface area contributed by atoms with Gasteiger partial charge in [0.15, 0.2) is 0 Å². The number of nitrogens with one attached hydrogen (secondary N) is 1. The van der Waals surface area contributed by atoms with Gasteiger partial charge in [-0.2, -0.15) is 0 Å². The SMILES string of the molecule is CC(C)(C)CNC(=O)c1conc1-c1ccccc1. The number of rotatable bonds is 3. The van der Waals surface area contributed by atoms with E-state index in [1.54, 1.807) is 0 Å². The first-order chi connectivity index (χ1) is 8.97. The highest BCUT2D eigenvalue weighted by atomic mass is 16.5. The van der Waals surface area contributed by atoms with Crippen molar-refractivity contribution in [2.45, 2.75) is 20.8 Å². The van der Waals surface area contributed by atoms with E-state index in [2.05, 4.69) is 31.2 Å². The first kappa shape index (κ1) is 13.3. The molecule has 19 heavy (non-hydrogen) atoms. The molecule has 4 heteroatoms. The quantitative estimate of drug-likeness (QED) is 0.920. The van der Waals surface area contributed by atoms with Crippen molar-refractivity contribution in [3.05, 3.63) is 42.2 Å². The van der Waals surface area contributed by atoms with Crippen molar-refractivity contribution in [1.29, 1.82) is 0 Å². The van der Waals surface area contributed by atoms with Gasteiger partial charge in [-0.3, -0.25) is 4.79 Å². The maximum absolute atomic E-state index is 12.1. The number of amides is 1. The lowest BCUT2D eigenvalue weighted by Gasteiger charge is -2.18. The van der Waals surface area contributed by atoms with Gasteiger partial charge < -0.3 is 9.84 Å². The third-order valence-electron chi connectivity index (χ3n) is 2.64. The predicted molar refractivity (Wildman–Crippen MR) is 73.7 cm³/mol. The fraction of sp³-hybridized carbons (Fsp3) is 0.333. The molecule has 0 aliphatic heterocycles. The third-order valence-corrected chi connectivity index (χ3v) is 2.64. The van der Waals surface area contributed by atoms with Crippen molar-refractivity contribution in [2.75, 3.05) is 6.54 Å². The van der Waals surface area contributed by atoms with Gasteiger partial charge in [-0.1, -0.05) is 56.3 Å². The standard InChI is InChI=1S/C15H18N2O2/c1-15(2,3)10-16-14(18)12-9-19-17-13(12)11-7-5-4-6-8-11/h4-9H,10H2,1-3H3,(H,16,18). The van der Waals surface area contributed by atoms with Gasteiger partial charge in [0, 0.05) is 12.1 Å². The number of carbonyl (C=O) groups excluding carboxylic acids is 1. The summed E-state index contributed by atoms with van der Waals surface area (Å²) in [6.45, 7) is 6.81. The van der Waals surface area contributed by atoms with Crippen molar-refractivity contribution < 1.29 is 9.32 Å². The third kappa shape index (κ3) is 3.44. The molecule has 0 bridgehead atoms. The summed E-state index contributed by atoms with van der Waals surface area (Å²) in [5.41, 5.74) is 1.96. The van der Waals surface area contributed by atoms with Gasteiger partial charge in [0.1, 0.15) is 17.5 Å². The first-order valence-corrected chi connectivity index (χ1v) is 6.25. The molecule has 2 rings (SSSR count). The van der Waals surface area contributed by atoms with E-state index in [-0.39, 0.29) is 11.3 Å². The van der Waals surface area contributed by atoms with E-state index in [0.717, 1.165) is 5.56 Å². The molecule has 0 spiro atoms. The number of nitrogens with zero attached hydrogens (tertiary/aromatic N) is 1. The van der Waals surface area contributed by atoms with Crippen molar-refractivity contribution in [3.63, 3.8) is 0 Å². The monoisotopic (exact) mass is 258 g/mol. The van der Waals surface area contributed by atoms with Crippen LogP contribution in [0.3, 0.4) is 0 Å². The van der Waals surface area contributed by atoms with Crippen molar-refractivity contribution in [1.82, 2.24) is 10.5 Å². The molecule has 1 N–H and O–H groups in total. The Hall–Kier alpha value is -2.10. The molecule has 2 aromatic rings. The minimum absolute atomic E-state index is 0.0414. The Balaban J connectivity index is 2.18. The molecule has 1 aromatic carbocycles. The normalized spacial score (nSPS) is 11.3. The summed E-state index contributed by atoms with van der Waals surface area (Å²) in [6, 6.07) is 9.53. The molecule has 1 heterocycles. The highest BCUT2D eigenvalue weighted by molar-refractivity contribution is 5.99. The molecule has 0 saturated carbocycles. The molecule has 0 unspecified atom stereocenters. The lowest BCUT2D eigenvalue weighted by atomic mass is 9.97. The van der Waals surface area contributed by atoms with Gasteiger partial charge in [0.25, 0.3) is 5.91 Å². The topological polar surface area (TPSA) is 55.1 Å². The molecule has 4 nitrogen and oxygen atoms in total. The van der Waals surface area contributed by atoms with Crippen LogP contribution >= 0.6 is 0 Å². The number of hydrogen-bond acceptors (Lipinski definition) is 3. The molecule has 0 fully saturated rings. The number of benzene rings is 1. The molecule has 1 aromatic heterocycles. The van der Waals surface area contributed by atoms with Crippen LogP contribution in [-0.2, 0) is 0 Å². The summed E-state index contributed by atoms with van der Waals surface area (Å²) >= 11 is 0. The maximum Gasteiger partial charge on any atom is 0.256 e. The van der Waals surface area contributed by atoms with Crippen LogP contribution in [-0.4, -0.2) is 17.6 Å². The Kier molecular flexibility index (Phi) is 3.69. The second-order valence-electron chi connectivity index (χ2n) is 5.69. The Morgan fingerprint density at radius 3 is 2.58 bits per heavy atom. The summed E-state index contributed by atoms with van der Waals surface area (Å²) < 4.78 is 4.94. The Labute approximate surface area is 112 Å². The lowest BCUT2D eigenvalue weighted by Crippen LogP contribution is -2.32. The zero-order valence-electron chi connectivity index (χ0n) is 11.4. The van der Waals surface area contributed by atoms with Crippen LogP contribution in [0.4, 0.5) is 0 Å². The van der Waals surface area contributed by atoms with Crippen molar-refractivity contribution in [3.8, 4) is 11.3 Å². The van der Waals surface area contributed by atoms with Crippen LogP contribution in [0.2, 0.25) is 0 Å². The zero-order chi connectivity index (χ0) is 13.9. The van der Waals surface area contributed by atoms with Crippen LogP contribution in [0.5, 0.6) is 0 Å². The van der Waals surface area contributed by atoms with Crippen LogP contribution in [0.15, 0.2) is 41.1 Å². The minimum Gasteiger partial charge on any atom is -0.363 e. The predicted octanol–water partition coefficient (Wildman–Crippen LogP) is 3.12. The zero-order valence-corrected chi connectivity index (χ0v) is 11.4. The fourth-order valence-corrected chi connectivity index (χ4v) is 1.64. The molecule has 0 atom stereocenters. The van der Waals surface area contributed by atoms with Gasteiger partial charge >= 0.3 is 0 Å². The van der Waals surface area contributed by atoms with E-state index in [1.807, 2.05) is 30.3 Å². The number of carbonyl (C=O) groups is 1. The van der Waals surface area contributed by atoms with Gasteiger partial charge in [-0.05, 0) is 5.41 Å². The number of aromatic nitrogens is 1. The van der Waals surface area contributed by atoms with Gasteiger partial charge in [0.2, 0.25) is 0 Å². The van der Waals surface area contributed by atoms with E-state index >= 15 is 0 Å². The summed E-state index contributed by atoms with van der Waals surface area (Å²) in [6.07, 6.45) is 1.39. The van der Waals surface area contributed by atoms with Crippen LogP contribution in [0.1, 0.15) is 31.1 Å². The highest BCUT2D eigenvalue weighted by Gasteiger charge is 2.19. The van der Waals surface area contributed by atoms with E-state index < -0.39 is 0 Å². The minimum atomic E-state index is -0.157. The van der Waals surface area contributed by atoms with Crippen LogP contribution in [0.25, 0.3) is 11.3 Å². The fourth-order valence-electron chi connectivity index (χ4n) is 1.64.